The maximum atomic E-state index is 13.3. The summed E-state index contributed by atoms with van der Waals surface area (Å²) in [5.41, 5.74) is -2.61. The number of dihydropyridines is 1. The van der Waals surface area contributed by atoms with Crippen molar-refractivity contribution in [2.24, 2.45) is 16.8 Å². The lowest BCUT2D eigenvalue weighted by Gasteiger charge is -2.32. The third-order valence-electron chi connectivity index (χ3n) is 3.55. The number of halogens is 5. The first-order chi connectivity index (χ1) is 11.4. The molecule has 1 aliphatic rings. The van der Waals surface area contributed by atoms with Gasteiger partial charge in [-0.3, -0.25) is 9.79 Å². The van der Waals surface area contributed by atoms with E-state index in [1.54, 1.807) is 13.8 Å². The summed E-state index contributed by atoms with van der Waals surface area (Å²) in [6, 6.07) is -2.82. The molecular weight excluding hydrogens is 353 g/mol. The van der Waals surface area contributed by atoms with Crippen molar-refractivity contribution in [2.45, 2.75) is 38.9 Å². The molecule has 5 nitrogen and oxygen atoms in total. The van der Waals surface area contributed by atoms with Crippen LogP contribution in [0.1, 0.15) is 20.3 Å². The molecule has 2 unspecified atom stereocenters. The molecule has 0 amide bonds. The van der Waals surface area contributed by atoms with Crippen LogP contribution in [0, 0.1) is 11.8 Å². The summed E-state index contributed by atoms with van der Waals surface area (Å²) < 4.78 is 75.4. The quantitative estimate of drug-likeness (QED) is 0.551. The molecule has 0 aromatic rings. The maximum absolute atomic E-state index is 13.3. The lowest BCUT2D eigenvalue weighted by molar-refractivity contribution is -0.152. The SMILES string of the molecule is COC(=O)C1=C(CC(C)C)C(C(=O)OC)C(C(F)F)=NC1C(F)(F)F. The number of carbonyl (C=O) groups excluding carboxylic acids is 2. The molecule has 0 radical (unpaired) electrons. The van der Waals surface area contributed by atoms with Gasteiger partial charge < -0.3 is 9.47 Å². The van der Waals surface area contributed by atoms with Crippen molar-refractivity contribution in [1.29, 1.82) is 0 Å². The van der Waals surface area contributed by atoms with Crippen LogP contribution in [-0.2, 0) is 19.1 Å². The van der Waals surface area contributed by atoms with Gasteiger partial charge in [0.2, 0.25) is 0 Å². The fourth-order valence-electron chi connectivity index (χ4n) is 2.62. The van der Waals surface area contributed by atoms with Crippen LogP contribution in [0.25, 0.3) is 0 Å². The van der Waals surface area contributed by atoms with Crippen LogP contribution >= 0.6 is 0 Å². The van der Waals surface area contributed by atoms with Crippen molar-refractivity contribution in [2.75, 3.05) is 14.2 Å². The van der Waals surface area contributed by atoms with E-state index in [9.17, 15) is 31.5 Å². The zero-order chi connectivity index (χ0) is 19.5. The van der Waals surface area contributed by atoms with E-state index in [2.05, 4.69) is 14.5 Å². The summed E-state index contributed by atoms with van der Waals surface area (Å²) in [7, 11) is 1.77. The van der Waals surface area contributed by atoms with Crippen LogP contribution in [0.4, 0.5) is 22.0 Å². The summed E-state index contributed by atoms with van der Waals surface area (Å²) in [5.74, 6) is -4.77. The number of hydrogen-bond acceptors (Lipinski definition) is 5. The topological polar surface area (TPSA) is 65.0 Å². The number of nitrogens with zero attached hydrogens (tertiary/aromatic N) is 1. The third-order valence-corrected chi connectivity index (χ3v) is 3.55. The van der Waals surface area contributed by atoms with Crippen LogP contribution in [0.3, 0.4) is 0 Å². The van der Waals surface area contributed by atoms with Gasteiger partial charge in [0.05, 0.1) is 25.5 Å². The minimum absolute atomic E-state index is 0.206. The minimum atomic E-state index is -5.10. The van der Waals surface area contributed by atoms with Crippen molar-refractivity contribution < 1.29 is 41.0 Å². The van der Waals surface area contributed by atoms with E-state index >= 15 is 0 Å². The summed E-state index contributed by atoms with van der Waals surface area (Å²) in [6.45, 7) is 3.21. The van der Waals surface area contributed by atoms with Gasteiger partial charge in [-0.1, -0.05) is 13.8 Å². The predicted molar refractivity (Wildman–Crippen MR) is 77.3 cm³/mol. The van der Waals surface area contributed by atoms with Gasteiger partial charge in [0.1, 0.15) is 5.92 Å². The molecule has 25 heavy (non-hydrogen) atoms. The highest BCUT2D eigenvalue weighted by atomic mass is 19.4. The number of ether oxygens (including phenoxy) is 2. The normalized spacial score (nSPS) is 21.5. The molecule has 10 heteroatoms. The van der Waals surface area contributed by atoms with Gasteiger partial charge in [0.15, 0.2) is 6.04 Å². The van der Waals surface area contributed by atoms with E-state index in [-0.39, 0.29) is 12.3 Å². The lowest BCUT2D eigenvalue weighted by Crippen LogP contribution is -2.44. The average Bonchev–Trinajstić information content (AvgIpc) is 2.50. The van der Waals surface area contributed by atoms with E-state index in [0.29, 0.717) is 0 Å². The summed E-state index contributed by atoms with van der Waals surface area (Å²) >= 11 is 0. The Bertz CT molecular complexity index is 595. The highest BCUT2D eigenvalue weighted by Crippen LogP contribution is 2.40. The average molecular weight is 371 g/mol. The van der Waals surface area contributed by atoms with E-state index in [4.69, 9.17) is 0 Å². The van der Waals surface area contributed by atoms with Crippen molar-refractivity contribution >= 4 is 17.7 Å². The number of esters is 2. The standard InChI is InChI=1S/C15H18F5NO4/c1-6(2)5-7-8(13(22)24-3)10(12(16)17)21-11(15(18,19)20)9(7)14(23)25-4/h6,8,11-12H,5H2,1-4H3. The van der Waals surface area contributed by atoms with E-state index in [1.165, 1.54) is 0 Å². The second kappa shape index (κ2) is 7.92. The number of aliphatic imine (C=N–C) groups is 1. The Kier molecular flexibility index (Phi) is 6.67. The molecule has 0 fully saturated rings. The monoisotopic (exact) mass is 371 g/mol. The Morgan fingerprint density at radius 3 is 2.08 bits per heavy atom. The maximum Gasteiger partial charge on any atom is 0.415 e. The molecule has 0 saturated heterocycles. The molecule has 0 bridgehead atoms. The van der Waals surface area contributed by atoms with Crippen molar-refractivity contribution in [3.8, 4) is 0 Å². The van der Waals surface area contributed by atoms with Crippen LogP contribution in [-0.4, -0.2) is 50.5 Å². The fraction of sp³-hybridized carbons (Fsp3) is 0.667. The largest absolute Gasteiger partial charge is 0.468 e. The predicted octanol–water partition coefficient (Wildman–Crippen LogP) is 2.94. The van der Waals surface area contributed by atoms with Crippen LogP contribution < -0.4 is 0 Å². The number of carbonyl (C=O) groups is 2. The van der Waals surface area contributed by atoms with Gasteiger partial charge in [-0.2, -0.15) is 13.2 Å². The second-order valence-electron chi connectivity index (χ2n) is 5.78. The van der Waals surface area contributed by atoms with Crippen molar-refractivity contribution in [1.82, 2.24) is 0 Å². The first kappa shape index (κ1) is 21.0. The molecule has 0 aromatic carbocycles. The second-order valence-corrected chi connectivity index (χ2v) is 5.78. The van der Waals surface area contributed by atoms with Gasteiger partial charge in [-0.25, -0.2) is 13.6 Å². The summed E-state index contributed by atoms with van der Waals surface area (Å²) in [4.78, 5) is 26.9. The lowest BCUT2D eigenvalue weighted by atomic mass is 9.80. The van der Waals surface area contributed by atoms with E-state index < -0.39 is 53.4 Å². The van der Waals surface area contributed by atoms with Gasteiger partial charge in [-0.05, 0) is 17.9 Å². The minimum Gasteiger partial charge on any atom is -0.468 e. The summed E-state index contributed by atoms with van der Waals surface area (Å²) in [6.07, 6.45) is -8.73. The molecule has 0 spiro atoms. The van der Waals surface area contributed by atoms with Crippen LogP contribution in [0.2, 0.25) is 0 Å². The number of hydrogen-bond donors (Lipinski definition) is 0. The summed E-state index contributed by atoms with van der Waals surface area (Å²) in [5, 5.41) is 0. The molecule has 0 aliphatic carbocycles. The van der Waals surface area contributed by atoms with Crippen LogP contribution in [0.5, 0.6) is 0 Å². The van der Waals surface area contributed by atoms with Gasteiger partial charge in [-0.15, -0.1) is 0 Å². The van der Waals surface area contributed by atoms with Crippen molar-refractivity contribution in [3.63, 3.8) is 0 Å². The molecule has 0 saturated carbocycles. The highest BCUT2D eigenvalue weighted by molar-refractivity contribution is 6.10. The van der Waals surface area contributed by atoms with Crippen LogP contribution in [0.15, 0.2) is 16.1 Å². The zero-order valence-electron chi connectivity index (χ0n) is 14.0. The molecule has 1 aliphatic heterocycles. The Hall–Kier alpha value is -2.00. The molecule has 0 aromatic heterocycles. The number of methoxy groups -OCH3 is 2. The fourth-order valence-corrected chi connectivity index (χ4v) is 2.62. The van der Waals surface area contributed by atoms with E-state index in [0.717, 1.165) is 14.2 Å². The van der Waals surface area contributed by atoms with Gasteiger partial charge in [0.25, 0.3) is 6.43 Å². The van der Waals surface area contributed by atoms with E-state index in [1.807, 2.05) is 0 Å². The molecular formula is C15H18F5NO4. The van der Waals surface area contributed by atoms with Gasteiger partial charge >= 0.3 is 18.1 Å². The Balaban J connectivity index is 3.75. The number of rotatable bonds is 5. The van der Waals surface area contributed by atoms with Gasteiger partial charge in [0, 0.05) is 0 Å². The zero-order valence-corrected chi connectivity index (χ0v) is 14.0. The Morgan fingerprint density at radius 1 is 1.16 bits per heavy atom. The number of alkyl halides is 5. The Labute approximate surface area is 140 Å². The van der Waals surface area contributed by atoms with Crippen molar-refractivity contribution in [3.05, 3.63) is 11.1 Å². The molecule has 142 valence electrons. The highest BCUT2D eigenvalue weighted by Gasteiger charge is 2.52. The first-order valence-electron chi connectivity index (χ1n) is 7.27. The third kappa shape index (κ3) is 4.55. The molecule has 0 N–H and O–H groups in total. The Morgan fingerprint density at radius 2 is 1.72 bits per heavy atom. The molecule has 1 rings (SSSR count). The first-order valence-corrected chi connectivity index (χ1v) is 7.27. The smallest absolute Gasteiger partial charge is 0.415 e. The molecule has 2 atom stereocenters. The molecule has 1 heterocycles.